The van der Waals surface area contributed by atoms with Crippen molar-refractivity contribution in [2.75, 3.05) is 14.2 Å². The second-order valence-corrected chi connectivity index (χ2v) is 8.58. The smallest absolute Gasteiger partial charge is 0.264 e. The Morgan fingerprint density at radius 3 is 2.44 bits per heavy atom. The molecule has 0 heterocycles. The SMILES string of the molecule is COc1ccc(/C=C/C(=O)N/N=C\c2cc(Br)c(OCc3ccc(Cl)c(Cl)c3)c(OC)c2)cc1. The number of hydrogen-bond donors (Lipinski definition) is 1. The molecule has 0 radical (unpaired) electrons. The number of halogens is 3. The molecule has 6 nitrogen and oxygen atoms in total. The number of rotatable bonds is 9. The van der Waals surface area contributed by atoms with E-state index in [9.17, 15) is 4.79 Å². The molecule has 9 heteroatoms. The van der Waals surface area contributed by atoms with E-state index in [2.05, 4.69) is 26.5 Å². The summed E-state index contributed by atoms with van der Waals surface area (Å²) in [7, 11) is 3.14. The fourth-order valence-electron chi connectivity index (χ4n) is 2.83. The van der Waals surface area contributed by atoms with E-state index >= 15 is 0 Å². The maximum absolute atomic E-state index is 12.0. The molecule has 3 rings (SSSR count). The molecule has 0 fully saturated rings. The topological polar surface area (TPSA) is 69.2 Å². The first-order valence-corrected chi connectivity index (χ1v) is 11.5. The van der Waals surface area contributed by atoms with Gasteiger partial charge in [0.2, 0.25) is 0 Å². The lowest BCUT2D eigenvalue weighted by Gasteiger charge is -2.14. The van der Waals surface area contributed by atoms with E-state index in [0.717, 1.165) is 16.9 Å². The van der Waals surface area contributed by atoms with Gasteiger partial charge in [-0.3, -0.25) is 4.79 Å². The lowest BCUT2D eigenvalue weighted by atomic mass is 10.2. The minimum atomic E-state index is -0.361. The van der Waals surface area contributed by atoms with Gasteiger partial charge in [-0.2, -0.15) is 5.10 Å². The van der Waals surface area contributed by atoms with Crippen molar-refractivity contribution in [1.82, 2.24) is 5.43 Å². The highest BCUT2D eigenvalue weighted by Crippen LogP contribution is 2.37. The molecule has 0 saturated carbocycles. The molecule has 0 spiro atoms. The van der Waals surface area contributed by atoms with Crippen LogP contribution in [0.15, 0.2) is 70.2 Å². The van der Waals surface area contributed by atoms with Crippen molar-refractivity contribution in [1.29, 1.82) is 0 Å². The summed E-state index contributed by atoms with van der Waals surface area (Å²) in [4.78, 5) is 12.0. The highest BCUT2D eigenvalue weighted by Gasteiger charge is 2.12. The highest BCUT2D eigenvalue weighted by atomic mass is 79.9. The molecule has 1 N–H and O–H groups in total. The third-order valence-corrected chi connectivity index (χ3v) is 5.88. The van der Waals surface area contributed by atoms with Crippen molar-refractivity contribution < 1.29 is 19.0 Å². The second-order valence-electron chi connectivity index (χ2n) is 6.91. The zero-order valence-electron chi connectivity index (χ0n) is 18.3. The van der Waals surface area contributed by atoms with Crippen LogP contribution in [-0.4, -0.2) is 26.3 Å². The molecule has 3 aromatic rings. The van der Waals surface area contributed by atoms with Crippen LogP contribution < -0.4 is 19.6 Å². The number of carbonyl (C=O) groups excluding carboxylic acids is 1. The van der Waals surface area contributed by atoms with Gasteiger partial charge in [0.15, 0.2) is 11.5 Å². The summed E-state index contributed by atoms with van der Waals surface area (Å²) in [5.74, 6) is 1.41. The zero-order valence-corrected chi connectivity index (χ0v) is 21.4. The number of nitrogens with zero attached hydrogens (tertiary/aromatic N) is 1. The van der Waals surface area contributed by atoms with Crippen LogP contribution in [0.4, 0.5) is 0 Å². The van der Waals surface area contributed by atoms with Gasteiger partial charge in [0, 0.05) is 6.08 Å². The molecule has 34 heavy (non-hydrogen) atoms. The zero-order chi connectivity index (χ0) is 24.5. The van der Waals surface area contributed by atoms with Crippen molar-refractivity contribution in [2.24, 2.45) is 5.10 Å². The average molecular weight is 564 g/mol. The number of methoxy groups -OCH3 is 2. The predicted octanol–water partition coefficient (Wildman–Crippen LogP) is 6.52. The molecule has 0 bridgehead atoms. The number of hydrazone groups is 1. The van der Waals surface area contributed by atoms with E-state index in [1.165, 1.54) is 12.3 Å². The van der Waals surface area contributed by atoms with Gasteiger partial charge in [-0.25, -0.2) is 5.43 Å². The predicted molar refractivity (Wildman–Crippen MR) is 139 cm³/mol. The molecule has 3 aromatic carbocycles. The number of hydrogen-bond acceptors (Lipinski definition) is 5. The third-order valence-electron chi connectivity index (χ3n) is 4.55. The van der Waals surface area contributed by atoms with Gasteiger partial charge in [-0.1, -0.05) is 41.4 Å². The summed E-state index contributed by atoms with van der Waals surface area (Å²) in [6.45, 7) is 0.274. The van der Waals surface area contributed by atoms with Gasteiger partial charge < -0.3 is 14.2 Å². The van der Waals surface area contributed by atoms with Crippen LogP contribution in [0.25, 0.3) is 6.08 Å². The molecular weight excluding hydrogens is 543 g/mol. The molecule has 0 atom stereocenters. The van der Waals surface area contributed by atoms with E-state index in [-0.39, 0.29) is 12.5 Å². The number of benzene rings is 3. The maximum atomic E-state index is 12.0. The number of carbonyl (C=O) groups is 1. The summed E-state index contributed by atoms with van der Waals surface area (Å²) in [6, 6.07) is 16.2. The molecule has 0 saturated heterocycles. The van der Waals surface area contributed by atoms with Gasteiger partial charge >= 0.3 is 0 Å². The van der Waals surface area contributed by atoms with Crippen molar-refractivity contribution in [2.45, 2.75) is 6.61 Å². The first kappa shape index (κ1) is 25.6. The average Bonchev–Trinajstić information content (AvgIpc) is 2.84. The van der Waals surface area contributed by atoms with E-state index in [1.54, 1.807) is 44.6 Å². The van der Waals surface area contributed by atoms with Crippen molar-refractivity contribution >= 4 is 57.3 Å². The lowest BCUT2D eigenvalue weighted by Crippen LogP contribution is -2.14. The Morgan fingerprint density at radius 2 is 1.76 bits per heavy atom. The Balaban J connectivity index is 1.61. The van der Waals surface area contributed by atoms with Crippen LogP contribution in [0.2, 0.25) is 10.0 Å². The highest BCUT2D eigenvalue weighted by molar-refractivity contribution is 9.10. The quantitative estimate of drug-likeness (QED) is 0.183. The van der Waals surface area contributed by atoms with Crippen LogP contribution in [0.3, 0.4) is 0 Å². The molecule has 1 amide bonds. The van der Waals surface area contributed by atoms with E-state index in [4.69, 9.17) is 37.4 Å². The first-order valence-electron chi connectivity index (χ1n) is 9.99. The standard InChI is InChI=1S/C25H21BrCl2N2O4/c1-32-19-7-3-16(4-8-19)6-10-24(31)30-29-14-18-11-20(26)25(23(13-18)33-2)34-15-17-5-9-21(27)22(28)12-17/h3-14H,15H2,1-2H3,(H,30,31)/b10-6+,29-14-. The fraction of sp³-hybridized carbons (Fsp3) is 0.120. The van der Waals surface area contributed by atoms with Gasteiger partial charge in [-0.05, 0) is 75.1 Å². The first-order chi connectivity index (χ1) is 16.4. The lowest BCUT2D eigenvalue weighted by molar-refractivity contribution is -0.116. The van der Waals surface area contributed by atoms with Crippen LogP contribution >= 0.6 is 39.1 Å². The number of nitrogens with one attached hydrogen (secondary N) is 1. The number of ether oxygens (including phenoxy) is 3. The van der Waals surface area contributed by atoms with Crippen molar-refractivity contribution in [3.8, 4) is 17.2 Å². The Kier molecular flexibility index (Phi) is 9.39. The summed E-state index contributed by atoms with van der Waals surface area (Å²) in [5.41, 5.74) is 4.89. The van der Waals surface area contributed by atoms with Crippen molar-refractivity contribution in [3.05, 3.63) is 91.9 Å². The number of amides is 1. The molecular formula is C25H21BrCl2N2O4. The molecule has 0 unspecified atom stereocenters. The van der Waals surface area contributed by atoms with E-state index < -0.39 is 0 Å². The van der Waals surface area contributed by atoms with Crippen LogP contribution in [-0.2, 0) is 11.4 Å². The molecule has 0 aliphatic heterocycles. The maximum Gasteiger partial charge on any atom is 0.264 e. The summed E-state index contributed by atoms with van der Waals surface area (Å²) >= 11 is 15.5. The summed E-state index contributed by atoms with van der Waals surface area (Å²) in [6.07, 6.45) is 4.59. The molecule has 0 aliphatic carbocycles. The Morgan fingerprint density at radius 1 is 1.00 bits per heavy atom. The second kappa shape index (κ2) is 12.5. The monoisotopic (exact) mass is 562 g/mol. The minimum absolute atomic E-state index is 0.274. The van der Waals surface area contributed by atoms with Gasteiger partial charge in [0.05, 0.1) is 35.0 Å². The summed E-state index contributed by atoms with van der Waals surface area (Å²) in [5, 5.41) is 4.94. The molecule has 0 aromatic heterocycles. The van der Waals surface area contributed by atoms with Gasteiger partial charge in [-0.15, -0.1) is 0 Å². The van der Waals surface area contributed by atoms with Crippen molar-refractivity contribution in [3.63, 3.8) is 0 Å². The van der Waals surface area contributed by atoms with Crippen LogP contribution in [0.1, 0.15) is 16.7 Å². The van der Waals surface area contributed by atoms with Crippen LogP contribution in [0.5, 0.6) is 17.2 Å². The fourth-order valence-corrected chi connectivity index (χ4v) is 3.73. The van der Waals surface area contributed by atoms with Gasteiger partial charge in [0.1, 0.15) is 12.4 Å². The Labute approximate surface area is 216 Å². The summed E-state index contributed by atoms with van der Waals surface area (Å²) < 4.78 is 17.2. The Bertz CT molecular complexity index is 1210. The Hall–Kier alpha value is -3.00. The minimum Gasteiger partial charge on any atom is -0.497 e. The van der Waals surface area contributed by atoms with E-state index in [0.29, 0.717) is 31.6 Å². The third kappa shape index (κ3) is 7.25. The normalized spacial score (nSPS) is 11.1. The molecule has 0 aliphatic rings. The van der Waals surface area contributed by atoms with Gasteiger partial charge in [0.25, 0.3) is 5.91 Å². The molecule has 176 valence electrons. The largest absolute Gasteiger partial charge is 0.497 e. The van der Waals surface area contributed by atoms with Crippen LogP contribution in [0, 0.1) is 0 Å². The van der Waals surface area contributed by atoms with E-state index in [1.807, 2.05) is 30.3 Å².